The maximum atomic E-state index is 12.1. The summed E-state index contributed by atoms with van der Waals surface area (Å²) in [4.78, 5) is 2.69. The summed E-state index contributed by atoms with van der Waals surface area (Å²) in [7, 11) is -3.15. The first-order chi connectivity index (χ1) is 8.60. The Bertz CT molecular complexity index is 511. The van der Waals surface area contributed by atoms with Gasteiger partial charge in [-0.1, -0.05) is 35.0 Å². The van der Waals surface area contributed by atoms with E-state index in [-0.39, 0.29) is 5.75 Å². The van der Waals surface area contributed by atoms with Gasteiger partial charge in [0.1, 0.15) is 0 Å². The molecule has 5 heteroatoms. The van der Waals surface area contributed by atoms with Crippen LogP contribution in [0, 0.1) is 0 Å². The monoisotopic (exact) mass is 331 g/mol. The quantitative estimate of drug-likeness (QED) is 0.752. The summed E-state index contributed by atoms with van der Waals surface area (Å²) in [5, 5.41) is 0.851. The molecule has 0 radical (unpaired) electrons. The topological polar surface area (TPSA) is 37.4 Å². The highest BCUT2D eigenvalue weighted by molar-refractivity contribution is 9.09. The van der Waals surface area contributed by atoms with E-state index in [9.17, 15) is 8.42 Å². The third kappa shape index (κ3) is 2.88. The van der Waals surface area contributed by atoms with Crippen molar-refractivity contribution in [1.82, 2.24) is 0 Å². The maximum Gasteiger partial charge on any atom is 0.180 e. The van der Waals surface area contributed by atoms with Crippen molar-refractivity contribution < 1.29 is 8.42 Å². The summed E-state index contributed by atoms with van der Waals surface area (Å²) >= 11 is 3.44. The fourth-order valence-corrected chi connectivity index (χ4v) is 3.57. The number of halogens is 1. The summed E-state index contributed by atoms with van der Waals surface area (Å²) in [6.07, 6.45) is 2.32. The van der Waals surface area contributed by atoms with E-state index in [1.165, 1.54) is 0 Å². The molecule has 0 atom stereocenters. The van der Waals surface area contributed by atoms with Gasteiger partial charge in [-0.2, -0.15) is 0 Å². The van der Waals surface area contributed by atoms with Gasteiger partial charge in [-0.05, 0) is 25.0 Å². The van der Waals surface area contributed by atoms with Gasteiger partial charge in [0, 0.05) is 17.9 Å². The molecular formula is C13H18BrNO2S. The Hall–Kier alpha value is -0.550. The molecule has 0 unspecified atom stereocenters. The van der Waals surface area contributed by atoms with Crippen LogP contribution in [0.25, 0.3) is 0 Å². The predicted octanol–water partition coefficient (Wildman–Crippen LogP) is 2.84. The average Bonchev–Trinajstić information content (AvgIpc) is 3.20. The number of sulfone groups is 1. The van der Waals surface area contributed by atoms with Gasteiger partial charge in [0.25, 0.3) is 0 Å². The highest BCUT2D eigenvalue weighted by atomic mass is 79.9. The number of rotatable bonds is 6. The van der Waals surface area contributed by atoms with Gasteiger partial charge < -0.3 is 4.90 Å². The Balaban J connectivity index is 2.43. The Morgan fingerprint density at radius 2 is 2.00 bits per heavy atom. The van der Waals surface area contributed by atoms with Gasteiger partial charge in [0.2, 0.25) is 0 Å². The molecule has 0 aliphatic heterocycles. The van der Waals surface area contributed by atoms with Crippen LogP contribution in [0.15, 0.2) is 29.2 Å². The number of hydrogen-bond acceptors (Lipinski definition) is 3. The van der Waals surface area contributed by atoms with Gasteiger partial charge in [-0.15, -0.1) is 0 Å². The summed E-state index contributed by atoms with van der Waals surface area (Å²) in [6.45, 7) is 2.54. The van der Waals surface area contributed by atoms with Gasteiger partial charge in [-0.3, -0.25) is 0 Å². The van der Waals surface area contributed by atoms with E-state index in [1.807, 2.05) is 12.1 Å². The lowest BCUT2D eigenvalue weighted by Gasteiger charge is -2.26. The highest BCUT2D eigenvalue weighted by Crippen LogP contribution is 2.35. The fraction of sp³-hybridized carbons (Fsp3) is 0.538. The summed E-state index contributed by atoms with van der Waals surface area (Å²) in [6, 6.07) is 7.86. The zero-order valence-electron chi connectivity index (χ0n) is 10.5. The standard InChI is InChI=1S/C13H18BrNO2S/c1-2-18(16,17)13-6-4-3-5-12(13)15(10-9-14)11-7-8-11/h3-6,11H,2,7-10H2,1H3. The van der Waals surface area contributed by atoms with E-state index in [4.69, 9.17) is 0 Å². The third-order valence-electron chi connectivity index (χ3n) is 3.20. The molecule has 0 spiro atoms. The van der Waals surface area contributed by atoms with Crippen LogP contribution in [0.1, 0.15) is 19.8 Å². The number of hydrogen-bond donors (Lipinski definition) is 0. The number of nitrogens with zero attached hydrogens (tertiary/aromatic N) is 1. The molecule has 0 saturated heterocycles. The second-order valence-electron chi connectivity index (χ2n) is 4.48. The zero-order valence-corrected chi connectivity index (χ0v) is 12.9. The normalized spacial score (nSPS) is 15.7. The van der Waals surface area contributed by atoms with Crippen LogP contribution >= 0.6 is 15.9 Å². The van der Waals surface area contributed by atoms with Crippen LogP contribution in [0.5, 0.6) is 0 Å². The molecule has 2 rings (SSSR count). The summed E-state index contributed by atoms with van der Waals surface area (Å²) in [5.41, 5.74) is 0.862. The molecule has 1 saturated carbocycles. The Labute approximate surface area is 117 Å². The van der Waals surface area contributed by atoms with Crippen molar-refractivity contribution >= 4 is 31.5 Å². The van der Waals surface area contributed by atoms with Crippen LogP contribution in [0.2, 0.25) is 0 Å². The van der Waals surface area contributed by atoms with E-state index in [0.29, 0.717) is 10.9 Å². The van der Waals surface area contributed by atoms with Crippen LogP contribution in [0.4, 0.5) is 5.69 Å². The Kier molecular flexibility index (Phi) is 4.33. The minimum atomic E-state index is -3.15. The van der Waals surface area contributed by atoms with E-state index < -0.39 is 9.84 Å². The minimum Gasteiger partial charge on any atom is -0.367 e. The van der Waals surface area contributed by atoms with Gasteiger partial charge in [-0.25, -0.2) is 8.42 Å². The lowest BCUT2D eigenvalue weighted by atomic mass is 10.3. The first-order valence-corrected chi connectivity index (χ1v) is 9.02. The summed E-state index contributed by atoms with van der Waals surface area (Å²) in [5.74, 6) is 0.150. The fourth-order valence-electron chi connectivity index (χ4n) is 2.09. The molecule has 0 aromatic heterocycles. The molecule has 1 aliphatic carbocycles. The van der Waals surface area contributed by atoms with E-state index >= 15 is 0 Å². The zero-order chi connectivity index (χ0) is 13.2. The van der Waals surface area contributed by atoms with E-state index in [0.717, 1.165) is 30.4 Å². The molecule has 1 aromatic rings. The van der Waals surface area contributed by atoms with Crippen LogP contribution in [-0.2, 0) is 9.84 Å². The Morgan fingerprint density at radius 1 is 1.33 bits per heavy atom. The van der Waals surface area contributed by atoms with Crippen molar-refractivity contribution in [2.24, 2.45) is 0 Å². The largest absolute Gasteiger partial charge is 0.367 e. The number of para-hydroxylation sites is 1. The third-order valence-corrected chi connectivity index (χ3v) is 5.33. The van der Waals surface area contributed by atoms with Gasteiger partial charge in [0.05, 0.1) is 16.3 Å². The Morgan fingerprint density at radius 3 is 2.56 bits per heavy atom. The van der Waals surface area contributed by atoms with Crippen molar-refractivity contribution in [3.05, 3.63) is 24.3 Å². The van der Waals surface area contributed by atoms with Crippen molar-refractivity contribution in [2.75, 3.05) is 22.5 Å². The minimum absolute atomic E-state index is 0.150. The molecule has 3 nitrogen and oxygen atoms in total. The molecule has 100 valence electrons. The van der Waals surface area contributed by atoms with Crippen molar-refractivity contribution in [3.8, 4) is 0 Å². The van der Waals surface area contributed by atoms with Crippen molar-refractivity contribution in [2.45, 2.75) is 30.7 Å². The second-order valence-corrected chi connectivity index (χ2v) is 7.52. The van der Waals surface area contributed by atoms with Crippen LogP contribution in [0.3, 0.4) is 0 Å². The van der Waals surface area contributed by atoms with Crippen molar-refractivity contribution in [1.29, 1.82) is 0 Å². The molecule has 0 heterocycles. The molecule has 0 amide bonds. The maximum absolute atomic E-state index is 12.1. The second kappa shape index (κ2) is 5.61. The lowest BCUT2D eigenvalue weighted by molar-refractivity contribution is 0.596. The van der Waals surface area contributed by atoms with Crippen LogP contribution < -0.4 is 4.90 Å². The van der Waals surface area contributed by atoms with Gasteiger partial charge >= 0.3 is 0 Å². The number of benzene rings is 1. The molecular weight excluding hydrogens is 314 g/mol. The molecule has 0 N–H and O–H groups in total. The van der Waals surface area contributed by atoms with Crippen molar-refractivity contribution in [3.63, 3.8) is 0 Å². The first-order valence-electron chi connectivity index (χ1n) is 6.24. The highest BCUT2D eigenvalue weighted by Gasteiger charge is 2.31. The molecule has 1 aliphatic rings. The first kappa shape index (κ1) is 13.9. The number of alkyl halides is 1. The molecule has 18 heavy (non-hydrogen) atoms. The SMILES string of the molecule is CCS(=O)(=O)c1ccccc1N(CCBr)C1CC1. The van der Waals surface area contributed by atoms with Crippen LogP contribution in [-0.4, -0.2) is 32.1 Å². The summed E-state index contributed by atoms with van der Waals surface area (Å²) < 4.78 is 24.3. The molecule has 1 aromatic carbocycles. The van der Waals surface area contributed by atoms with E-state index in [1.54, 1.807) is 19.1 Å². The average molecular weight is 332 g/mol. The predicted molar refractivity (Wildman–Crippen MR) is 78.3 cm³/mol. The lowest BCUT2D eigenvalue weighted by Crippen LogP contribution is -2.29. The number of anilines is 1. The van der Waals surface area contributed by atoms with Gasteiger partial charge in [0.15, 0.2) is 9.84 Å². The smallest absolute Gasteiger partial charge is 0.180 e. The molecule has 0 bridgehead atoms. The molecule has 1 fully saturated rings. The van der Waals surface area contributed by atoms with E-state index in [2.05, 4.69) is 20.8 Å².